The summed E-state index contributed by atoms with van der Waals surface area (Å²) in [7, 11) is 0. The van der Waals surface area contributed by atoms with E-state index in [1.165, 1.54) is 61.2 Å². The van der Waals surface area contributed by atoms with Gasteiger partial charge in [-0.3, -0.25) is 5.41 Å². The van der Waals surface area contributed by atoms with Crippen molar-refractivity contribution in [1.29, 1.82) is 5.41 Å². The van der Waals surface area contributed by atoms with Crippen molar-refractivity contribution in [3.8, 4) is 33.4 Å². The lowest BCUT2D eigenvalue weighted by Crippen LogP contribution is -2.15. The molecule has 0 aliphatic heterocycles. The Morgan fingerprint density at radius 3 is 1.77 bits per heavy atom. The first-order chi connectivity index (χ1) is 14.7. The normalized spacial score (nSPS) is 12.8. The van der Waals surface area contributed by atoms with Crippen LogP contribution in [0, 0.1) is 5.41 Å². The van der Waals surface area contributed by atoms with Crippen molar-refractivity contribution in [3.63, 3.8) is 0 Å². The van der Waals surface area contributed by atoms with Crippen LogP contribution >= 0.6 is 0 Å². The van der Waals surface area contributed by atoms with Gasteiger partial charge in [0.1, 0.15) is 0 Å². The van der Waals surface area contributed by atoms with E-state index in [9.17, 15) is 0 Å². The Kier molecular flexibility index (Phi) is 3.69. The van der Waals surface area contributed by atoms with Crippen LogP contribution in [0.25, 0.3) is 33.4 Å². The maximum Gasteiger partial charge on any atom is 0.0950 e. The number of hydrogen-bond donors (Lipinski definition) is 2. The van der Waals surface area contributed by atoms with E-state index in [0.717, 1.165) is 12.8 Å². The van der Waals surface area contributed by atoms with Crippen LogP contribution in [0.4, 0.5) is 0 Å². The number of hydrogen-bond acceptors (Lipinski definition) is 1. The molecule has 30 heavy (non-hydrogen) atoms. The van der Waals surface area contributed by atoms with E-state index in [2.05, 4.69) is 78.9 Å². The lowest BCUT2D eigenvalue weighted by molar-refractivity contribution is 1.16. The highest BCUT2D eigenvalue weighted by molar-refractivity contribution is 5.91. The maximum atomic E-state index is 8.05. The smallest absolute Gasteiger partial charge is 0.0950 e. The van der Waals surface area contributed by atoms with Gasteiger partial charge in [-0.05, 0) is 74.0 Å². The van der Waals surface area contributed by atoms with Crippen LogP contribution in [-0.4, -0.2) is 5.84 Å². The molecule has 0 saturated carbocycles. The van der Waals surface area contributed by atoms with Crippen molar-refractivity contribution < 1.29 is 0 Å². The van der Waals surface area contributed by atoms with Crippen LogP contribution in [0.15, 0.2) is 78.9 Å². The van der Waals surface area contributed by atoms with Gasteiger partial charge in [0.25, 0.3) is 0 Å². The Balaban J connectivity index is 1.57. The summed E-state index contributed by atoms with van der Waals surface area (Å²) in [5.41, 5.74) is 20.4. The SMILES string of the molecule is N=C(N)Cc1c(-c2cccc3c2Cc2ccccc2-3)ccc2c1Cc1ccccc1-2. The topological polar surface area (TPSA) is 49.9 Å². The highest BCUT2D eigenvalue weighted by Gasteiger charge is 2.26. The van der Waals surface area contributed by atoms with E-state index in [-0.39, 0.29) is 5.84 Å². The molecule has 6 rings (SSSR count). The highest BCUT2D eigenvalue weighted by atomic mass is 14.7. The van der Waals surface area contributed by atoms with Crippen LogP contribution in [0.1, 0.15) is 27.8 Å². The van der Waals surface area contributed by atoms with Gasteiger partial charge in [0.15, 0.2) is 0 Å². The Labute approximate surface area is 176 Å². The molecule has 144 valence electrons. The van der Waals surface area contributed by atoms with Gasteiger partial charge in [0, 0.05) is 6.42 Å². The molecule has 0 heterocycles. The third-order valence-corrected chi connectivity index (χ3v) is 6.61. The summed E-state index contributed by atoms with van der Waals surface area (Å²) in [6.07, 6.45) is 2.36. The van der Waals surface area contributed by atoms with E-state index < -0.39 is 0 Å². The van der Waals surface area contributed by atoms with E-state index in [0.29, 0.717) is 6.42 Å². The molecule has 0 atom stereocenters. The van der Waals surface area contributed by atoms with Gasteiger partial charge < -0.3 is 5.73 Å². The average Bonchev–Trinajstić information content (AvgIpc) is 3.32. The van der Waals surface area contributed by atoms with Crippen molar-refractivity contribution >= 4 is 5.84 Å². The summed E-state index contributed by atoms with van der Waals surface area (Å²) < 4.78 is 0. The molecule has 0 spiro atoms. The summed E-state index contributed by atoms with van der Waals surface area (Å²) >= 11 is 0. The average molecular weight is 386 g/mol. The number of fused-ring (bicyclic) bond motifs is 6. The quantitative estimate of drug-likeness (QED) is 0.285. The minimum absolute atomic E-state index is 0.219. The molecule has 3 N–H and O–H groups in total. The predicted molar refractivity (Wildman–Crippen MR) is 124 cm³/mol. The molecule has 0 radical (unpaired) electrons. The number of benzene rings is 4. The third-order valence-electron chi connectivity index (χ3n) is 6.61. The van der Waals surface area contributed by atoms with Gasteiger partial charge in [0.2, 0.25) is 0 Å². The fourth-order valence-corrected chi connectivity index (χ4v) is 5.33. The first-order valence-electron chi connectivity index (χ1n) is 10.5. The molecule has 0 aromatic heterocycles. The Hall–Kier alpha value is -3.65. The van der Waals surface area contributed by atoms with Gasteiger partial charge in [-0.15, -0.1) is 0 Å². The fraction of sp³-hybridized carbons (Fsp3) is 0.107. The van der Waals surface area contributed by atoms with Gasteiger partial charge in [-0.2, -0.15) is 0 Å². The first-order valence-corrected chi connectivity index (χ1v) is 10.5. The molecule has 2 heteroatoms. The summed E-state index contributed by atoms with van der Waals surface area (Å²) in [5, 5.41) is 8.05. The van der Waals surface area contributed by atoms with E-state index >= 15 is 0 Å². The highest BCUT2D eigenvalue weighted by Crippen LogP contribution is 2.46. The Bertz CT molecular complexity index is 1350. The lowest BCUT2D eigenvalue weighted by atomic mass is 9.87. The molecule has 0 amide bonds. The zero-order chi connectivity index (χ0) is 20.2. The van der Waals surface area contributed by atoms with Crippen LogP contribution in [0.5, 0.6) is 0 Å². The standard InChI is InChI=1S/C28H22N2/c29-28(30)16-27-24(13-12-23-20-9-4-2-7-18(20)15-26(23)27)22-11-5-10-21-19-8-3-1-6-17(19)14-25(21)22/h1-13H,14-16H2,(H3,29,30). The van der Waals surface area contributed by atoms with E-state index in [1.807, 2.05) is 0 Å². The number of amidine groups is 1. The van der Waals surface area contributed by atoms with Gasteiger partial charge in [0.05, 0.1) is 5.84 Å². The Morgan fingerprint density at radius 2 is 1.10 bits per heavy atom. The number of nitrogens with one attached hydrogen (secondary N) is 1. The van der Waals surface area contributed by atoms with Gasteiger partial charge in [-0.1, -0.05) is 78.9 Å². The lowest BCUT2D eigenvalue weighted by Gasteiger charge is -2.17. The summed E-state index contributed by atoms with van der Waals surface area (Å²) in [4.78, 5) is 0. The number of nitrogens with two attached hydrogens (primary N) is 1. The molecule has 0 unspecified atom stereocenters. The Morgan fingerprint density at radius 1 is 0.600 bits per heavy atom. The van der Waals surface area contributed by atoms with Crippen LogP contribution in [-0.2, 0) is 19.3 Å². The molecule has 4 aromatic carbocycles. The van der Waals surface area contributed by atoms with Crippen molar-refractivity contribution in [2.24, 2.45) is 5.73 Å². The summed E-state index contributed by atoms with van der Waals surface area (Å²) in [6, 6.07) is 28.5. The predicted octanol–water partition coefficient (Wildman–Crippen LogP) is 5.97. The monoisotopic (exact) mass is 386 g/mol. The van der Waals surface area contributed by atoms with E-state index in [1.54, 1.807) is 0 Å². The molecule has 2 aliphatic rings. The summed E-state index contributed by atoms with van der Waals surface area (Å²) in [5.74, 6) is 0.219. The molecule has 2 nitrogen and oxygen atoms in total. The second-order valence-electron chi connectivity index (χ2n) is 8.32. The molecule has 0 saturated heterocycles. The summed E-state index contributed by atoms with van der Waals surface area (Å²) in [6.45, 7) is 0. The van der Waals surface area contributed by atoms with Crippen molar-refractivity contribution in [2.75, 3.05) is 0 Å². The van der Waals surface area contributed by atoms with Crippen molar-refractivity contribution in [3.05, 3.63) is 107 Å². The van der Waals surface area contributed by atoms with Gasteiger partial charge >= 0.3 is 0 Å². The van der Waals surface area contributed by atoms with Gasteiger partial charge in [-0.25, -0.2) is 0 Å². The zero-order valence-electron chi connectivity index (χ0n) is 16.7. The first kappa shape index (κ1) is 17.2. The minimum atomic E-state index is 0.219. The van der Waals surface area contributed by atoms with Crippen LogP contribution in [0.3, 0.4) is 0 Å². The second-order valence-corrected chi connectivity index (χ2v) is 8.32. The third kappa shape index (κ3) is 2.47. The molecule has 0 fully saturated rings. The zero-order valence-corrected chi connectivity index (χ0v) is 16.7. The van der Waals surface area contributed by atoms with Crippen molar-refractivity contribution in [1.82, 2.24) is 0 Å². The molecule has 2 aliphatic carbocycles. The second kappa shape index (κ2) is 6.43. The van der Waals surface area contributed by atoms with Crippen molar-refractivity contribution in [2.45, 2.75) is 19.3 Å². The molecular weight excluding hydrogens is 364 g/mol. The fourth-order valence-electron chi connectivity index (χ4n) is 5.33. The maximum absolute atomic E-state index is 8.05. The van der Waals surface area contributed by atoms with Crippen LogP contribution in [0.2, 0.25) is 0 Å². The molecular formula is C28H22N2. The molecule has 0 bridgehead atoms. The van der Waals surface area contributed by atoms with Crippen LogP contribution < -0.4 is 5.73 Å². The number of rotatable bonds is 3. The minimum Gasteiger partial charge on any atom is -0.387 e. The van der Waals surface area contributed by atoms with E-state index in [4.69, 9.17) is 11.1 Å². The largest absolute Gasteiger partial charge is 0.387 e. The molecule has 4 aromatic rings.